The lowest BCUT2D eigenvalue weighted by Gasteiger charge is -2.32. The van der Waals surface area contributed by atoms with Gasteiger partial charge in [-0.15, -0.1) is 0 Å². The van der Waals surface area contributed by atoms with E-state index in [1.165, 1.54) is 6.20 Å². The van der Waals surface area contributed by atoms with Crippen LogP contribution in [-0.2, 0) is 6.54 Å². The molecular formula is C18H26ClN7OS. The van der Waals surface area contributed by atoms with Gasteiger partial charge in [-0.2, -0.15) is 5.10 Å². The molecule has 10 heteroatoms. The summed E-state index contributed by atoms with van der Waals surface area (Å²) < 4.78 is 2.60. The third kappa shape index (κ3) is 4.05. The van der Waals surface area contributed by atoms with Gasteiger partial charge < -0.3 is 14.4 Å². The van der Waals surface area contributed by atoms with E-state index in [1.54, 1.807) is 0 Å². The van der Waals surface area contributed by atoms with Gasteiger partial charge in [0.25, 0.3) is 5.91 Å². The predicted molar refractivity (Wildman–Crippen MR) is 112 cm³/mol. The zero-order valence-corrected chi connectivity index (χ0v) is 18.1. The van der Waals surface area contributed by atoms with Crippen molar-refractivity contribution in [1.29, 1.82) is 0 Å². The number of hydrogen-bond donors (Lipinski definition) is 1. The van der Waals surface area contributed by atoms with E-state index >= 15 is 0 Å². The van der Waals surface area contributed by atoms with E-state index in [4.69, 9.17) is 23.8 Å². The first-order chi connectivity index (χ1) is 13.5. The predicted octanol–water partition coefficient (Wildman–Crippen LogP) is 3.27. The highest BCUT2D eigenvalue weighted by atomic mass is 35.5. The molecule has 1 fully saturated rings. The van der Waals surface area contributed by atoms with Crippen molar-refractivity contribution >= 4 is 35.7 Å². The molecule has 1 atom stereocenters. The highest BCUT2D eigenvalue weighted by Gasteiger charge is 2.30. The maximum Gasteiger partial charge on any atom is 0.274 e. The SMILES string of the molecule is CCN(CC)c1ncc(Cl)c(C(=O)N2CCCC(c3n[nH]c(=S)n3CC)C2)n1. The number of carbonyl (C=O) groups excluding carboxylic acids is 1. The van der Waals surface area contributed by atoms with Crippen LogP contribution < -0.4 is 4.90 Å². The second-order valence-electron chi connectivity index (χ2n) is 6.76. The van der Waals surface area contributed by atoms with Gasteiger partial charge in [-0.25, -0.2) is 9.97 Å². The standard InChI is InChI=1S/C18H26ClN7OS/c1-4-24(5-2)17-20-10-13(19)14(21-17)16(27)25-9-7-8-12(11-25)15-22-23-18(28)26(15)6-3/h10,12H,4-9,11H2,1-3H3,(H,23,28). The van der Waals surface area contributed by atoms with Gasteiger partial charge in [-0.05, 0) is 45.8 Å². The first kappa shape index (κ1) is 20.7. The molecule has 0 saturated carbocycles. The van der Waals surface area contributed by atoms with Gasteiger partial charge in [0.2, 0.25) is 5.95 Å². The Morgan fingerprint density at radius 1 is 1.39 bits per heavy atom. The number of anilines is 1. The van der Waals surface area contributed by atoms with E-state index in [0.717, 1.165) is 38.3 Å². The van der Waals surface area contributed by atoms with Crippen molar-refractivity contribution in [3.05, 3.63) is 27.5 Å². The van der Waals surface area contributed by atoms with Gasteiger partial charge in [0.05, 0.1) is 11.2 Å². The van der Waals surface area contributed by atoms with E-state index in [1.807, 2.05) is 35.1 Å². The summed E-state index contributed by atoms with van der Waals surface area (Å²) in [7, 11) is 0. The number of H-pyrrole nitrogens is 1. The van der Waals surface area contributed by atoms with E-state index in [2.05, 4.69) is 20.2 Å². The molecule has 0 aromatic carbocycles. The van der Waals surface area contributed by atoms with Gasteiger partial charge in [-0.1, -0.05) is 11.6 Å². The number of likely N-dealkylation sites (tertiary alicyclic amines) is 1. The molecule has 1 saturated heterocycles. The monoisotopic (exact) mass is 423 g/mol. The topological polar surface area (TPSA) is 82.9 Å². The van der Waals surface area contributed by atoms with Crippen molar-refractivity contribution in [1.82, 2.24) is 29.6 Å². The molecule has 3 heterocycles. The molecule has 0 spiro atoms. The molecule has 1 N–H and O–H groups in total. The second-order valence-corrected chi connectivity index (χ2v) is 7.55. The lowest BCUT2D eigenvalue weighted by atomic mass is 9.97. The molecule has 8 nitrogen and oxygen atoms in total. The number of piperidine rings is 1. The molecular weight excluding hydrogens is 398 g/mol. The summed E-state index contributed by atoms with van der Waals surface area (Å²) in [5, 5.41) is 7.55. The first-order valence-electron chi connectivity index (χ1n) is 9.71. The zero-order valence-electron chi connectivity index (χ0n) is 16.5. The first-order valence-corrected chi connectivity index (χ1v) is 10.5. The fourth-order valence-corrected chi connectivity index (χ4v) is 4.08. The molecule has 28 heavy (non-hydrogen) atoms. The molecule has 1 aliphatic rings. The van der Waals surface area contributed by atoms with Crippen LogP contribution in [-0.4, -0.2) is 61.7 Å². The van der Waals surface area contributed by atoms with Crippen molar-refractivity contribution in [2.24, 2.45) is 0 Å². The highest BCUT2D eigenvalue weighted by Crippen LogP contribution is 2.28. The van der Waals surface area contributed by atoms with Crippen LogP contribution in [0.5, 0.6) is 0 Å². The maximum atomic E-state index is 13.2. The fraction of sp³-hybridized carbons (Fsp3) is 0.611. The lowest BCUT2D eigenvalue weighted by Crippen LogP contribution is -2.40. The van der Waals surface area contributed by atoms with Crippen LogP contribution in [0.15, 0.2) is 6.20 Å². The summed E-state index contributed by atoms with van der Waals surface area (Å²) in [6.07, 6.45) is 3.37. The van der Waals surface area contributed by atoms with Gasteiger partial charge >= 0.3 is 0 Å². The summed E-state index contributed by atoms with van der Waals surface area (Å²) in [6, 6.07) is 0. The Morgan fingerprint density at radius 3 is 2.82 bits per heavy atom. The number of nitrogens with one attached hydrogen (secondary N) is 1. The molecule has 0 radical (unpaired) electrons. The van der Waals surface area contributed by atoms with Crippen LogP contribution in [0.2, 0.25) is 5.02 Å². The Kier molecular flexibility index (Phi) is 6.66. The molecule has 152 valence electrons. The Morgan fingerprint density at radius 2 is 2.14 bits per heavy atom. The van der Waals surface area contributed by atoms with Crippen LogP contribution in [0.1, 0.15) is 55.8 Å². The Labute approximate surface area is 174 Å². The Balaban J connectivity index is 1.84. The van der Waals surface area contributed by atoms with Crippen LogP contribution >= 0.6 is 23.8 Å². The number of amides is 1. The van der Waals surface area contributed by atoms with Crippen LogP contribution in [0.3, 0.4) is 0 Å². The number of aromatic amines is 1. The van der Waals surface area contributed by atoms with Gasteiger partial charge in [0.1, 0.15) is 5.82 Å². The lowest BCUT2D eigenvalue weighted by molar-refractivity contribution is 0.0697. The molecule has 0 bridgehead atoms. The summed E-state index contributed by atoms with van der Waals surface area (Å²) in [4.78, 5) is 25.7. The van der Waals surface area contributed by atoms with E-state index in [9.17, 15) is 4.79 Å². The Hall–Kier alpha value is -2.00. The van der Waals surface area contributed by atoms with Crippen molar-refractivity contribution in [3.63, 3.8) is 0 Å². The summed E-state index contributed by atoms with van der Waals surface area (Å²) in [5.74, 6) is 1.40. The molecule has 2 aromatic heterocycles. The molecule has 1 aliphatic heterocycles. The molecule has 0 aliphatic carbocycles. The summed E-state index contributed by atoms with van der Waals surface area (Å²) in [5.41, 5.74) is 0.258. The van der Waals surface area contributed by atoms with Gasteiger partial charge in [0.15, 0.2) is 10.5 Å². The third-order valence-electron chi connectivity index (χ3n) is 5.16. The van der Waals surface area contributed by atoms with Crippen LogP contribution in [0.4, 0.5) is 5.95 Å². The van der Waals surface area contributed by atoms with E-state index < -0.39 is 0 Å². The van der Waals surface area contributed by atoms with Crippen molar-refractivity contribution in [3.8, 4) is 0 Å². The van der Waals surface area contributed by atoms with Crippen molar-refractivity contribution < 1.29 is 4.79 Å². The molecule has 2 aromatic rings. The number of rotatable bonds is 6. The van der Waals surface area contributed by atoms with Gasteiger partial charge in [0, 0.05) is 38.6 Å². The minimum atomic E-state index is -0.164. The minimum absolute atomic E-state index is 0.133. The fourth-order valence-electron chi connectivity index (χ4n) is 3.64. The summed E-state index contributed by atoms with van der Waals surface area (Å²) in [6.45, 7) is 9.61. The van der Waals surface area contributed by atoms with Crippen molar-refractivity contribution in [2.75, 3.05) is 31.1 Å². The average molecular weight is 424 g/mol. The number of aromatic nitrogens is 5. The highest BCUT2D eigenvalue weighted by molar-refractivity contribution is 7.71. The average Bonchev–Trinajstić information content (AvgIpc) is 3.10. The molecule has 1 amide bonds. The van der Waals surface area contributed by atoms with E-state index in [-0.39, 0.29) is 22.5 Å². The second kappa shape index (κ2) is 9.00. The number of halogens is 1. The maximum absolute atomic E-state index is 13.2. The smallest absolute Gasteiger partial charge is 0.274 e. The minimum Gasteiger partial charge on any atom is -0.341 e. The normalized spacial score (nSPS) is 17.0. The van der Waals surface area contributed by atoms with Gasteiger partial charge in [-0.3, -0.25) is 9.89 Å². The zero-order chi connectivity index (χ0) is 20.3. The Bertz CT molecular complexity index is 892. The quantitative estimate of drug-likeness (QED) is 0.718. The molecule has 3 rings (SSSR count). The number of carbonyl (C=O) groups is 1. The van der Waals surface area contributed by atoms with Crippen molar-refractivity contribution in [2.45, 2.75) is 46.1 Å². The number of nitrogens with zero attached hydrogens (tertiary/aromatic N) is 6. The summed E-state index contributed by atoms with van der Waals surface area (Å²) >= 11 is 11.6. The third-order valence-corrected chi connectivity index (χ3v) is 5.75. The van der Waals surface area contributed by atoms with Crippen LogP contribution in [0, 0.1) is 4.77 Å². The van der Waals surface area contributed by atoms with E-state index in [0.29, 0.717) is 23.8 Å². The van der Waals surface area contributed by atoms with Crippen LogP contribution in [0.25, 0.3) is 0 Å². The largest absolute Gasteiger partial charge is 0.341 e. The number of hydrogen-bond acceptors (Lipinski definition) is 6. The molecule has 1 unspecified atom stereocenters.